The number of carbonyl (C=O) groups excluding carboxylic acids is 2. The molecule has 5 rings (SSSR count). The lowest BCUT2D eigenvalue weighted by Crippen LogP contribution is -2.32. The van der Waals surface area contributed by atoms with E-state index in [2.05, 4.69) is 4.52 Å². The summed E-state index contributed by atoms with van der Waals surface area (Å²) in [5, 5.41) is 32.0. The smallest absolute Gasteiger partial charge is 0.431 e. The van der Waals surface area contributed by atoms with E-state index in [0.717, 1.165) is 44.9 Å². The standard InChI is InChI=1S/C22H25N2O9P.C9H17NO2.C6H4Cl2NO4P.2CH4.ClH/c1-16(22(25)31-19-5-3-2-4-6-19)15-34(30,32-20-11-7-17(8-12-20)23(26)27)33-21-13-9-18(10-14-21)24(28)29;1-7(10)9(11)12-8-5-3-2-4-6-8;7-14(8,12)13-6-3-1-5(2-4-6)9(10)11;;;/h7-14,16,19H,2-6,15H2,1H3;7-8H,2-6,10H2,1H3;1-4H;2*1H4;1H/t16-;7-;;;;/m10..../s1. The number of nitro groups is 3. The molecule has 2 N–H and O–H groups in total. The van der Waals surface area contributed by atoms with E-state index in [-0.39, 0.29) is 85.9 Å². The number of esters is 2. The highest BCUT2D eigenvalue weighted by Crippen LogP contribution is 2.57. The van der Waals surface area contributed by atoms with Gasteiger partial charge in [0.15, 0.2) is 0 Å². The second-order valence-corrected chi connectivity index (χ2v) is 20.0. The van der Waals surface area contributed by atoms with Crippen LogP contribution in [0.15, 0.2) is 72.8 Å². The Bertz CT molecular complexity index is 1930. The van der Waals surface area contributed by atoms with Crippen LogP contribution in [0.1, 0.15) is 92.9 Å². The molecule has 2 aliphatic carbocycles. The molecular weight excluding hydrogens is 933 g/mol. The summed E-state index contributed by atoms with van der Waals surface area (Å²) in [4.78, 5) is 54.0. The van der Waals surface area contributed by atoms with Gasteiger partial charge in [-0.05, 0) is 94.7 Å². The first kappa shape index (κ1) is 58.5. The summed E-state index contributed by atoms with van der Waals surface area (Å²) in [7, 11) is -4.04. The fraction of sp³-hybridized carbons (Fsp3) is 0.487. The maximum Gasteiger partial charge on any atom is 0.431 e. The van der Waals surface area contributed by atoms with Crippen molar-refractivity contribution < 1.29 is 56.5 Å². The van der Waals surface area contributed by atoms with Gasteiger partial charge in [0.1, 0.15) is 35.5 Å². The number of hydrogen-bond donors (Lipinski definition) is 1. The number of non-ortho nitro benzene ring substituents is 3. The third-order valence-corrected chi connectivity index (χ3v) is 11.6. The van der Waals surface area contributed by atoms with Gasteiger partial charge < -0.3 is 28.8 Å². The van der Waals surface area contributed by atoms with E-state index in [1.807, 2.05) is 0 Å². The fourth-order valence-corrected chi connectivity index (χ4v) is 8.49. The van der Waals surface area contributed by atoms with Gasteiger partial charge in [0.05, 0.1) is 26.8 Å². The van der Waals surface area contributed by atoms with E-state index in [9.17, 15) is 49.1 Å². The van der Waals surface area contributed by atoms with Crippen LogP contribution in [0.4, 0.5) is 17.1 Å². The van der Waals surface area contributed by atoms with Crippen LogP contribution < -0.4 is 19.3 Å². The quantitative estimate of drug-likeness (QED) is 0.0641. The van der Waals surface area contributed by atoms with Gasteiger partial charge in [0.2, 0.25) is 0 Å². The molecule has 352 valence electrons. The molecule has 0 amide bonds. The average Bonchev–Trinajstić information content (AvgIpc) is 3.19. The van der Waals surface area contributed by atoms with Crippen LogP contribution in [0, 0.1) is 36.3 Å². The van der Waals surface area contributed by atoms with Crippen LogP contribution >= 0.6 is 48.6 Å². The van der Waals surface area contributed by atoms with Crippen LogP contribution in [0.25, 0.3) is 0 Å². The van der Waals surface area contributed by atoms with E-state index in [1.165, 1.54) is 92.1 Å². The molecule has 63 heavy (non-hydrogen) atoms. The lowest BCUT2D eigenvalue weighted by atomic mass is 9.98. The molecule has 0 unspecified atom stereocenters. The molecule has 2 fully saturated rings. The van der Waals surface area contributed by atoms with E-state index in [4.69, 9.17) is 46.7 Å². The molecule has 19 nitrogen and oxygen atoms in total. The molecular formula is C39H55Cl3N4O15P2. The Balaban J connectivity index is 0.00000109. The second kappa shape index (κ2) is 28.3. The molecule has 2 atom stereocenters. The molecule has 2 aliphatic rings. The first-order valence-corrected chi connectivity index (χ1v) is 24.0. The second-order valence-electron chi connectivity index (χ2n) is 13.8. The van der Waals surface area contributed by atoms with Crippen molar-refractivity contribution in [2.45, 2.75) is 111 Å². The van der Waals surface area contributed by atoms with Crippen LogP contribution in [0.3, 0.4) is 0 Å². The maximum absolute atomic E-state index is 13.7. The molecule has 0 spiro atoms. The predicted molar refractivity (Wildman–Crippen MR) is 242 cm³/mol. The summed E-state index contributed by atoms with van der Waals surface area (Å²) in [6.07, 6.45) is 6.28. The van der Waals surface area contributed by atoms with Crippen molar-refractivity contribution in [1.29, 1.82) is 0 Å². The number of carbonyl (C=O) groups is 2. The van der Waals surface area contributed by atoms with Crippen LogP contribution in [0.5, 0.6) is 17.2 Å². The summed E-state index contributed by atoms with van der Waals surface area (Å²) >= 11 is 10.3. The Kier molecular flexibility index (Phi) is 26.3. The van der Waals surface area contributed by atoms with E-state index < -0.39 is 46.4 Å². The first-order chi connectivity index (χ1) is 28.2. The van der Waals surface area contributed by atoms with E-state index in [1.54, 1.807) is 13.8 Å². The zero-order valence-electron chi connectivity index (χ0n) is 33.1. The highest BCUT2D eigenvalue weighted by Gasteiger charge is 2.35. The zero-order chi connectivity index (χ0) is 44.5. The Labute approximate surface area is 382 Å². The topological polar surface area (TPSA) is 270 Å². The van der Waals surface area contributed by atoms with Gasteiger partial charge in [-0.1, -0.05) is 34.6 Å². The lowest BCUT2D eigenvalue weighted by Gasteiger charge is -2.25. The van der Waals surface area contributed by atoms with Crippen molar-refractivity contribution in [2.24, 2.45) is 11.7 Å². The highest BCUT2D eigenvalue weighted by molar-refractivity contribution is 8.05. The van der Waals surface area contributed by atoms with Crippen molar-refractivity contribution in [2.75, 3.05) is 6.16 Å². The van der Waals surface area contributed by atoms with Crippen molar-refractivity contribution in [3.05, 3.63) is 103 Å². The first-order valence-electron chi connectivity index (χ1n) is 18.8. The fourth-order valence-electron chi connectivity index (χ4n) is 5.75. The minimum atomic E-state index is -4.04. The van der Waals surface area contributed by atoms with Crippen LogP contribution in [-0.2, 0) is 28.2 Å². The summed E-state index contributed by atoms with van der Waals surface area (Å²) in [5.41, 5.74) is 4.92. The van der Waals surface area contributed by atoms with Gasteiger partial charge >= 0.3 is 25.6 Å². The Morgan fingerprint density at radius 3 is 1.21 bits per heavy atom. The molecule has 0 heterocycles. The minimum Gasteiger partial charge on any atom is -0.462 e. The van der Waals surface area contributed by atoms with Gasteiger partial charge in [-0.15, -0.1) is 12.4 Å². The van der Waals surface area contributed by atoms with Crippen LogP contribution in [-0.4, -0.2) is 51.1 Å². The van der Waals surface area contributed by atoms with Gasteiger partial charge in [-0.3, -0.25) is 39.9 Å². The summed E-state index contributed by atoms with van der Waals surface area (Å²) < 4.78 is 51.0. The Morgan fingerprint density at radius 1 is 0.619 bits per heavy atom. The third kappa shape index (κ3) is 22.1. The Morgan fingerprint density at radius 2 is 0.921 bits per heavy atom. The van der Waals surface area contributed by atoms with Gasteiger partial charge in [0.25, 0.3) is 17.1 Å². The number of rotatable bonds is 15. The maximum atomic E-state index is 13.7. The zero-order valence-corrected chi connectivity index (χ0v) is 37.2. The molecule has 0 bridgehead atoms. The predicted octanol–water partition coefficient (Wildman–Crippen LogP) is 12.1. The van der Waals surface area contributed by atoms with Crippen LogP contribution in [0.2, 0.25) is 0 Å². The SMILES string of the molecule is C.C.C[C@H](CP(=O)(Oc1ccc([N+](=O)[O-])cc1)Oc1ccc([N+](=O)[O-])cc1)C(=O)OC1CCCCC1.C[C@H](N)C(=O)OC1CCCCC1.Cl.O=[N+]([O-])c1ccc(OP(=O)(Cl)Cl)cc1. The van der Waals surface area contributed by atoms with Crippen molar-refractivity contribution in [3.8, 4) is 17.2 Å². The molecule has 0 radical (unpaired) electrons. The average molecular weight is 988 g/mol. The van der Waals surface area contributed by atoms with E-state index in [0.29, 0.717) is 0 Å². The van der Waals surface area contributed by atoms with E-state index >= 15 is 0 Å². The number of ether oxygens (including phenoxy) is 2. The van der Waals surface area contributed by atoms with Crippen molar-refractivity contribution in [3.63, 3.8) is 0 Å². The monoisotopic (exact) mass is 986 g/mol. The Hall–Kier alpha value is -4.51. The van der Waals surface area contributed by atoms with Gasteiger partial charge in [-0.25, -0.2) is 9.13 Å². The minimum absolute atomic E-state index is 0. The number of halogens is 3. The summed E-state index contributed by atoms with van der Waals surface area (Å²) in [6, 6.07) is 14.3. The summed E-state index contributed by atoms with van der Waals surface area (Å²) in [5.74, 6) is -1.41. The summed E-state index contributed by atoms with van der Waals surface area (Å²) in [6.45, 7) is 3.21. The largest absolute Gasteiger partial charge is 0.462 e. The van der Waals surface area contributed by atoms with Gasteiger partial charge in [-0.2, -0.15) is 0 Å². The molecule has 0 aliphatic heterocycles. The number of nitrogens with two attached hydrogens (primary N) is 1. The molecule has 3 aromatic carbocycles. The van der Waals surface area contributed by atoms with Crippen molar-refractivity contribution >= 4 is 77.6 Å². The number of nitrogens with zero attached hydrogens (tertiary/aromatic N) is 3. The third-order valence-electron chi connectivity index (χ3n) is 8.78. The molecule has 3 aromatic rings. The molecule has 0 saturated heterocycles. The van der Waals surface area contributed by atoms with Gasteiger partial charge in [0, 0.05) is 58.9 Å². The molecule has 2 saturated carbocycles. The molecule has 24 heteroatoms. The number of hydrogen-bond acceptors (Lipinski definition) is 16. The number of benzene rings is 3. The lowest BCUT2D eigenvalue weighted by molar-refractivity contribution is -0.385. The normalized spacial score (nSPS) is 14.8. The van der Waals surface area contributed by atoms with Crippen molar-refractivity contribution in [1.82, 2.24) is 0 Å². The number of nitro benzene ring substituents is 3. The highest BCUT2D eigenvalue weighted by atomic mass is 35.9. The molecule has 0 aromatic heterocycles.